The SMILES string of the molecule is c1cnc2ccc(-c3cc4ccc5cc(-c6ccc7cc(-c8cnccn8)ccc7c6)cc6c7ccccc7c7ccccc7c(c3)c4c56)cc2c1. The van der Waals surface area contributed by atoms with Crippen LogP contribution in [0.5, 0.6) is 0 Å². The number of pyridine rings is 1. The molecule has 240 valence electrons. The maximum atomic E-state index is 4.57. The van der Waals surface area contributed by atoms with E-state index in [1.165, 1.54) is 86.9 Å². The third-order valence-electron chi connectivity index (χ3n) is 10.7. The fraction of sp³-hybridized carbons (Fsp3) is 0. The van der Waals surface area contributed by atoms with Crippen molar-refractivity contribution in [3.05, 3.63) is 176 Å². The molecule has 0 amide bonds. The summed E-state index contributed by atoms with van der Waals surface area (Å²) in [7, 11) is 0. The van der Waals surface area contributed by atoms with Crippen molar-refractivity contribution in [2.75, 3.05) is 0 Å². The van der Waals surface area contributed by atoms with Gasteiger partial charge in [0.15, 0.2) is 0 Å². The van der Waals surface area contributed by atoms with Gasteiger partial charge in [0, 0.05) is 29.5 Å². The molecule has 2 heterocycles. The van der Waals surface area contributed by atoms with Crippen molar-refractivity contribution in [2.45, 2.75) is 0 Å². The summed E-state index contributed by atoms with van der Waals surface area (Å²) >= 11 is 0. The third-order valence-corrected chi connectivity index (χ3v) is 10.7. The lowest BCUT2D eigenvalue weighted by atomic mass is 9.87. The molecule has 0 atom stereocenters. The second-order valence-corrected chi connectivity index (χ2v) is 13.7. The highest BCUT2D eigenvalue weighted by Gasteiger charge is 2.16. The zero-order valence-corrected chi connectivity index (χ0v) is 28.1. The fourth-order valence-electron chi connectivity index (χ4n) is 8.28. The average molecular weight is 660 g/mol. The van der Waals surface area contributed by atoms with Crippen LogP contribution in [0.15, 0.2) is 176 Å². The van der Waals surface area contributed by atoms with E-state index in [4.69, 9.17) is 0 Å². The van der Waals surface area contributed by atoms with Gasteiger partial charge >= 0.3 is 0 Å². The lowest BCUT2D eigenvalue weighted by molar-refractivity contribution is 1.21. The molecule has 11 rings (SSSR count). The Balaban J connectivity index is 1.20. The molecule has 0 N–H and O–H groups in total. The number of hydrogen-bond acceptors (Lipinski definition) is 3. The topological polar surface area (TPSA) is 38.7 Å². The summed E-state index contributed by atoms with van der Waals surface area (Å²) in [6, 6.07) is 56.1. The van der Waals surface area contributed by atoms with Crippen LogP contribution >= 0.6 is 0 Å². The van der Waals surface area contributed by atoms with E-state index in [1.807, 2.05) is 18.5 Å². The van der Waals surface area contributed by atoms with Crippen molar-refractivity contribution in [3.63, 3.8) is 0 Å². The van der Waals surface area contributed by atoms with Gasteiger partial charge in [0.2, 0.25) is 0 Å². The molecule has 0 unspecified atom stereocenters. The Morgan fingerprint density at radius 1 is 0.308 bits per heavy atom. The van der Waals surface area contributed by atoms with Crippen molar-refractivity contribution >= 4 is 75.5 Å². The second kappa shape index (κ2) is 11.3. The van der Waals surface area contributed by atoms with Gasteiger partial charge in [0.25, 0.3) is 0 Å². The maximum Gasteiger partial charge on any atom is 0.0885 e. The summed E-state index contributed by atoms with van der Waals surface area (Å²) in [5.74, 6) is 0. The maximum absolute atomic E-state index is 4.57. The van der Waals surface area contributed by atoms with E-state index in [9.17, 15) is 0 Å². The molecule has 0 bridgehead atoms. The van der Waals surface area contributed by atoms with E-state index in [1.54, 1.807) is 12.4 Å². The van der Waals surface area contributed by atoms with Crippen LogP contribution < -0.4 is 0 Å². The summed E-state index contributed by atoms with van der Waals surface area (Å²) in [6.45, 7) is 0. The van der Waals surface area contributed by atoms with Crippen LogP contribution in [0.2, 0.25) is 0 Å². The predicted octanol–water partition coefficient (Wildman–Crippen LogP) is 12.9. The van der Waals surface area contributed by atoms with E-state index in [0.717, 1.165) is 22.2 Å². The van der Waals surface area contributed by atoms with Crippen LogP contribution in [0.3, 0.4) is 0 Å². The van der Waals surface area contributed by atoms with E-state index >= 15 is 0 Å². The van der Waals surface area contributed by atoms with Gasteiger partial charge in [-0.1, -0.05) is 97.1 Å². The first-order valence-electron chi connectivity index (χ1n) is 17.6. The Bertz CT molecular complexity index is 3240. The molecule has 52 heavy (non-hydrogen) atoms. The van der Waals surface area contributed by atoms with E-state index < -0.39 is 0 Å². The molecule has 0 fully saturated rings. The van der Waals surface area contributed by atoms with Gasteiger partial charge in [-0.2, -0.15) is 0 Å². The van der Waals surface area contributed by atoms with Crippen molar-refractivity contribution in [1.82, 2.24) is 15.0 Å². The number of benzene rings is 8. The molecule has 0 aliphatic rings. The van der Waals surface area contributed by atoms with Crippen LogP contribution in [-0.4, -0.2) is 15.0 Å². The molecule has 0 spiro atoms. The first-order chi connectivity index (χ1) is 25.7. The molecule has 3 nitrogen and oxygen atoms in total. The van der Waals surface area contributed by atoms with Crippen LogP contribution in [0.4, 0.5) is 0 Å². The monoisotopic (exact) mass is 659 g/mol. The first kappa shape index (κ1) is 28.8. The Kier molecular flexibility index (Phi) is 6.25. The molecule has 0 saturated carbocycles. The highest BCUT2D eigenvalue weighted by atomic mass is 14.8. The Hall–Kier alpha value is -6.97. The van der Waals surface area contributed by atoms with Crippen molar-refractivity contribution < 1.29 is 0 Å². The largest absolute Gasteiger partial charge is 0.261 e. The lowest BCUT2D eigenvalue weighted by Crippen LogP contribution is -1.89. The number of fused-ring (bicyclic) bond motifs is 7. The number of hydrogen-bond donors (Lipinski definition) is 0. The minimum absolute atomic E-state index is 0.877. The molecule has 9 aromatic carbocycles. The quantitative estimate of drug-likeness (QED) is 0.177. The zero-order valence-electron chi connectivity index (χ0n) is 28.1. The molecule has 0 aliphatic heterocycles. The molecule has 0 radical (unpaired) electrons. The molecule has 0 aliphatic carbocycles. The van der Waals surface area contributed by atoms with Gasteiger partial charge in [-0.15, -0.1) is 0 Å². The Morgan fingerprint density at radius 2 is 0.827 bits per heavy atom. The van der Waals surface area contributed by atoms with Crippen LogP contribution in [0.25, 0.3) is 109 Å². The van der Waals surface area contributed by atoms with Crippen LogP contribution in [-0.2, 0) is 0 Å². The summed E-state index contributed by atoms with van der Waals surface area (Å²) < 4.78 is 0. The highest BCUT2D eigenvalue weighted by molar-refractivity contribution is 6.33. The Morgan fingerprint density at radius 3 is 1.44 bits per heavy atom. The van der Waals surface area contributed by atoms with E-state index in [-0.39, 0.29) is 0 Å². The molecule has 0 saturated heterocycles. The number of rotatable bonds is 3. The minimum Gasteiger partial charge on any atom is -0.261 e. The molecule has 2 aromatic heterocycles. The van der Waals surface area contributed by atoms with E-state index in [2.05, 4.69) is 161 Å². The summed E-state index contributed by atoms with van der Waals surface area (Å²) in [5.41, 5.74) is 7.74. The van der Waals surface area contributed by atoms with Crippen molar-refractivity contribution in [3.8, 4) is 33.5 Å². The van der Waals surface area contributed by atoms with Crippen LogP contribution in [0.1, 0.15) is 0 Å². The lowest BCUT2D eigenvalue weighted by Gasteiger charge is -2.17. The van der Waals surface area contributed by atoms with Gasteiger partial charge in [-0.05, 0) is 141 Å². The molecular weight excluding hydrogens is 631 g/mol. The van der Waals surface area contributed by atoms with E-state index in [0.29, 0.717) is 0 Å². The van der Waals surface area contributed by atoms with Crippen LogP contribution in [0, 0.1) is 0 Å². The summed E-state index contributed by atoms with van der Waals surface area (Å²) in [6.07, 6.45) is 7.12. The van der Waals surface area contributed by atoms with Gasteiger partial charge in [-0.3, -0.25) is 15.0 Å². The molecule has 11 aromatic rings. The Labute approximate surface area is 299 Å². The predicted molar refractivity (Wildman–Crippen MR) is 219 cm³/mol. The zero-order chi connectivity index (χ0) is 34.2. The van der Waals surface area contributed by atoms with Gasteiger partial charge in [-0.25, -0.2) is 0 Å². The molecular formula is C49H29N3. The average Bonchev–Trinajstić information content (AvgIpc) is 3.22. The smallest absolute Gasteiger partial charge is 0.0885 e. The van der Waals surface area contributed by atoms with Crippen molar-refractivity contribution in [1.29, 1.82) is 0 Å². The van der Waals surface area contributed by atoms with Gasteiger partial charge in [0.1, 0.15) is 0 Å². The summed E-state index contributed by atoms with van der Waals surface area (Å²) in [5, 5.41) is 16.1. The third kappa shape index (κ3) is 4.50. The minimum atomic E-state index is 0.877. The fourth-order valence-corrected chi connectivity index (χ4v) is 8.28. The number of aromatic nitrogens is 3. The first-order valence-corrected chi connectivity index (χ1v) is 17.6. The van der Waals surface area contributed by atoms with Crippen molar-refractivity contribution in [2.24, 2.45) is 0 Å². The standard InChI is InChI=1S/C49H29N3/c1-3-9-42-40(7-1)41-8-2-4-10-43(41)45-28-39(33-17-18-46-34(24-33)6-5-19-51-46)26-37-16-15-36-25-38(27-44(42)48(36)49(37)45)32-12-11-31-23-35(14-13-30(31)22-32)47-29-50-20-21-52-47/h1-29H. The number of nitrogens with zero attached hydrogens (tertiary/aromatic N) is 3. The summed E-state index contributed by atoms with van der Waals surface area (Å²) in [4.78, 5) is 13.3. The normalized spacial score (nSPS) is 11.8. The highest BCUT2D eigenvalue weighted by Crippen LogP contribution is 2.44. The molecule has 3 heteroatoms. The van der Waals surface area contributed by atoms with Gasteiger partial charge in [0.05, 0.1) is 17.4 Å². The second-order valence-electron chi connectivity index (χ2n) is 13.7. The van der Waals surface area contributed by atoms with Gasteiger partial charge < -0.3 is 0 Å².